The number of rotatable bonds is 7. The highest BCUT2D eigenvalue weighted by molar-refractivity contribution is 8.15. The summed E-state index contributed by atoms with van der Waals surface area (Å²) in [7, 11) is -0.675. The van der Waals surface area contributed by atoms with E-state index in [1.807, 2.05) is 0 Å². The van der Waals surface area contributed by atoms with Crippen molar-refractivity contribution >= 4 is 104 Å². The molecule has 2 aromatic heterocycles. The van der Waals surface area contributed by atoms with Gasteiger partial charge in [0.2, 0.25) is 23.6 Å². The van der Waals surface area contributed by atoms with E-state index in [1.165, 1.54) is 66.2 Å². The van der Waals surface area contributed by atoms with Gasteiger partial charge in [-0.1, -0.05) is 52.0 Å². The molecule has 450 valence electrons. The summed E-state index contributed by atoms with van der Waals surface area (Å²) < 4.78 is 44.6. The van der Waals surface area contributed by atoms with Gasteiger partial charge < -0.3 is 50.3 Å². The van der Waals surface area contributed by atoms with Crippen LogP contribution in [0.15, 0.2) is 60.9 Å². The fourth-order valence-electron chi connectivity index (χ4n) is 9.26. The Labute approximate surface area is 487 Å². The van der Waals surface area contributed by atoms with Crippen LogP contribution in [0, 0.1) is 22.1 Å². The van der Waals surface area contributed by atoms with Gasteiger partial charge in [0, 0.05) is 39.1 Å². The van der Waals surface area contributed by atoms with Gasteiger partial charge in [0.15, 0.2) is 16.7 Å². The van der Waals surface area contributed by atoms with E-state index in [-0.39, 0.29) is 17.1 Å². The summed E-state index contributed by atoms with van der Waals surface area (Å²) in [4.78, 5) is 167. The van der Waals surface area contributed by atoms with Gasteiger partial charge in [-0.2, -0.15) is 0 Å². The number of thioether (sulfide) groups is 1. The van der Waals surface area contributed by atoms with E-state index >= 15 is 9.59 Å². The van der Waals surface area contributed by atoms with E-state index in [9.17, 15) is 38.4 Å². The molecule has 6 rings (SSSR count). The predicted molar refractivity (Wildman–Crippen MR) is 290 cm³/mol. The average molecular weight is 1220 g/mol. The minimum Gasteiger partial charge on any atom is -0.461 e. The first-order chi connectivity index (χ1) is 38.9. The number of hydrogen-bond acceptors (Lipinski definition) is 21. The smallest absolute Gasteiger partial charge is 0.329 e. The highest BCUT2D eigenvalue weighted by Crippen LogP contribution is 2.29. The number of halogens is 1. The van der Waals surface area contributed by atoms with Crippen molar-refractivity contribution in [1.29, 1.82) is 0 Å². The van der Waals surface area contributed by atoms with Crippen molar-refractivity contribution in [2.24, 2.45) is 11.8 Å². The van der Waals surface area contributed by atoms with Crippen molar-refractivity contribution in [2.45, 2.75) is 94.5 Å². The molecule has 0 aliphatic carbocycles. The minimum absolute atomic E-state index is 0.161. The lowest BCUT2D eigenvalue weighted by molar-refractivity contribution is -2.00. The molecule has 31 heteroatoms. The van der Waals surface area contributed by atoms with Gasteiger partial charge in [0.05, 0.1) is 40.7 Å². The molecule has 5 unspecified atom stereocenters. The summed E-state index contributed by atoms with van der Waals surface area (Å²) in [5.41, 5.74) is 1.39. The van der Waals surface area contributed by atoms with Crippen LogP contribution in [0.3, 0.4) is 0 Å². The van der Waals surface area contributed by atoms with Gasteiger partial charge in [0.1, 0.15) is 66.6 Å². The maximum Gasteiger partial charge on any atom is 0.329 e. The largest absolute Gasteiger partial charge is 0.461 e. The van der Waals surface area contributed by atoms with Gasteiger partial charge in [-0.3, -0.25) is 48.3 Å². The van der Waals surface area contributed by atoms with Gasteiger partial charge in [-0.15, -0.1) is 22.0 Å². The second kappa shape index (κ2) is 28.8. The summed E-state index contributed by atoms with van der Waals surface area (Å²) >= 11 is 1.19. The molecule has 4 N–H and O–H groups in total. The molecule has 4 aromatic rings. The van der Waals surface area contributed by atoms with Crippen LogP contribution >= 0.6 is 11.8 Å². The number of amides is 8. The van der Waals surface area contributed by atoms with Crippen molar-refractivity contribution in [2.75, 3.05) is 59.7 Å². The molecule has 10 atom stereocenters. The molecule has 2 aliphatic rings. The summed E-state index contributed by atoms with van der Waals surface area (Å²) in [5, 5.41) is 10.3. The molecule has 2 aromatic carbocycles. The molecule has 4 heterocycles. The first-order valence-corrected chi connectivity index (χ1v) is 30.1. The number of carbonyl (C=O) groups excluding carboxylic acids is 10. The lowest BCUT2D eigenvalue weighted by Gasteiger charge is -2.39. The zero-order chi connectivity index (χ0) is 61.9. The molecular weight excluding hydrogens is 1150 g/mol. The van der Waals surface area contributed by atoms with E-state index in [0.717, 1.165) is 19.6 Å². The van der Waals surface area contributed by atoms with E-state index in [0.29, 0.717) is 22.1 Å². The maximum absolute atomic E-state index is 15.4. The Hall–Kier alpha value is -7.35. The molecule has 8 amide bonds. The monoisotopic (exact) mass is 1210 g/mol. The summed E-state index contributed by atoms with van der Waals surface area (Å²) in [5.74, 6) is -10.2. The normalized spacial score (nSPS) is 25.3. The number of para-hydroxylation sites is 4. The molecule has 0 saturated carbocycles. The lowest BCUT2D eigenvalue weighted by atomic mass is 10.0. The molecule has 2 fully saturated rings. The third-order valence-corrected chi connectivity index (χ3v) is 17.7. The number of cyclic esters (lactones) is 2. The van der Waals surface area contributed by atoms with Crippen molar-refractivity contribution in [1.82, 2.24) is 60.8 Å². The van der Waals surface area contributed by atoms with Crippen molar-refractivity contribution in [3.63, 3.8) is 0 Å². The number of carbonyl (C=O) groups is 10. The van der Waals surface area contributed by atoms with E-state index in [1.54, 1.807) is 88.7 Å². The SMILES string of the molecule is CSC1C2C(=O)N(C)[C@@H](C(C)C)C(=O)OC[C@@H](NC(=O)c3cnc4ccccc4n3)C(=O)N[C@H](C)C(=O)N(C)C(C[S+]1C)C(=O)N(C)[C@H](C(C)C)C(=O)OCC(NC(=O)c1cnc3ccccc3n1)C(=O)N[C@@H](C)C(=O)N2C.[O-][Cl+3]([O-])([O-])[O-]. The quantitative estimate of drug-likeness (QED) is 0.0999. The average Bonchev–Trinajstić information content (AvgIpc) is 3.65. The Balaban J connectivity index is 0.00000241. The number of esters is 2. The lowest BCUT2D eigenvalue weighted by Crippen LogP contribution is -2.68. The first kappa shape index (κ1) is 66.5. The van der Waals surface area contributed by atoms with E-state index < -0.39 is 158 Å². The fourth-order valence-corrected chi connectivity index (χ4v) is 13.2. The fraction of sp³-hybridized carbons (Fsp3) is 0.500. The minimum atomic E-state index is -4.94. The molecule has 2 saturated heterocycles. The zero-order valence-electron chi connectivity index (χ0n) is 47.5. The van der Waals surface area contributed by atoms with Crippen LogP contribution in [0.4, 0.5) is 0 Å². The molecule has 0 radical (unpaired) electrons. The Morgan fingerprint density at radius 1 is 0.627 bits per heavy atom. The highest BCUT2D eigenvalue weighted by Gasteiger charge is 2.50. The van der Waals surface area contributed by atoms with E-state index in [2.05, 4.69) is 41.2 Å². The van der Waals surface area contributed by atoms with Crippen molar-refractivity contribution in [3.05, 3.63) is 72.3 Å². The standard InChI is InChI=1S/C52H66N12O12S2.ClHO4/c1-26(2)39-50(73)75-23-37(60-43(66)35-22-54-31-18-14-16-20-33(31)58-35)45(68)56-29(6)47(70)64(10)41-49(72)63(9)40(27(3)4)51(74)76-24-36(59-42(65)34-21-53-30-17-13-15-19-32(30)57-34)44(67)55-28(5)46(69)61(7)38(48(71)62(39)8)25-78(12)52(41)77-11;2-1(3,4)5/h13-22,26-29,36-41,52H,23-25H2,1-12H3,(H3-,55,56,59,60,65,66,67,68);(H,2,3,4,5)/t28-,29+,36-,37?,38?,39-,40+,41?,52?,78?;/m1./s1. The molecule has 2 aliphatic heterocycles. The summed E-state index contributed by atoms with van der Waals surface area (Å²) in [6, 6.07) is 1.88. The number of aromatic nitrogens is 4. The Morgan fingerprint density at radius 3 is 1.39 bits per heavy atom. The van der Waals surface area contributed by atoms with Crippen LogP contribution < -0.4 is 39.9 Å². The number of nitrogens with one attached hydrogen (secondary N) is 4. The first-order valence-electron chi connectivity index (χ1n) is 25.7. The van der Waals surface area contributed by atoms with Gasteiger partial charge in [0.25, 0.3) is 23.6 Å². The number of fused-ring (bicyclic) bond motifs is 6. The molecule has 83 heavy (non-hydrogen) atoms. The van der Waals surface area contributed by atoms with Crippen LogP contribution in [0.2, 0.25) is 0 Å². The zero-order valence-corrected chi connectivity index (χ0v) is 49.9. The Kier molecular flexibility index (Phi) is 23.0. The maximum atomic E-state index is 15.4. The second-order valence-corrected chi connectivity index (χ2v) is 24.5. The second-order valence-electron chi connectivity index (χ2n) is 20.2. The number of benzene rings is 2. The summed E-state index contributed by atoms with van der Waals surface area (Å²) in [6.07, 6.45) is 5.86. The highest BCUT2D eigenvalue weighted by atomic mass is 35.7. The van der Waals surface area contributed by atoms with Crippen molar-refractivity contribution in [3.8, 4) is 0 Å². The Morgan fingerprint density at radius 2 is 1.00 bits per heavy atom. The van der Waals surface area contributed by atoms with E-state index in [4.69, 9.17) is 28.1 Å². The number of ether oxygens (including phenoxy) is 2. The molecular formula is C52H67ClN12O16S2. The third-order valence-electron chi connectivity index (χ3n) is 13.6. The predicted octanol–water partition coefficient (Wildman–Crippen LogP) is -4.61. The van der Waals surface area contributed by atoms with Crippen LogP contribution in [0.1, 0.15) is 62.5 Å². The topological polar surface area (TPSA) is 394 Å². The number of hydrogen-bond donors (Lipinski definition) is 4. The van der Waals surface area contributed by atoms with Crippen LogP contribution in [-0.2, 0) is 58.7 Å². The third kappa shape index (κ3) is 16.9. The van der Waals surface area contributed by atoms with Crippen LogP contribution in [0.5, 0.6) is 0 Å². The number of likely N-dealkylation sites (N-methyl/N-ethyl adjacent to an activating group) is 4. The van der Waals surface area contributed by atoms with Crippen LogP contribution in [0.25, 0.3) is 22.1 Å². The van der Waals surface area contributed by atoms with Gasteiger partial charge in [-0.05, 0) is 56.2 Å². The Bertz CT molecular complexity index is 3080. The molecule has 28 nitrogen and oxygen atoms in total. The number of nitrogens with zero attached hydrogens (tertiary/aromatic N) is 8. The van der Waals surface area contributed by atoms with Gasteiger partial charge >= 0.3 is 11.9 Å². The molecule has 0 spiro atoms. The van der Waals surface area contributed by atoms with Crippen molar-refractivity contribution < 1.29 is 86.3 Å². The van der Waals surface area contributed by atoms with Gasteiger partial charge in [-0.25, -0.2) is 38.2 Å². The molecule has 2 bridgehead atoms. The van der Waals surface area contributed by atoms with Crippen LogP contribution in [-0.4, -0.2) is 211 Å². The summed E-state index contributed by atoms with van der Waals surface area (Å²) in [6.45, 7) is 7.76.